The largest absolute Gasteiger partial charge is 0.0999 e. The number of hydrogen-bond acceptors (Lipinski definition) is 0. The van der Waals surface area contributed by atoms with E-state index < -0.39 is 0 Å². The van der Waals surface area contributed by atoms with E-state index in [0.29, 0.717) is 0 Å². The molecule has 1 fully saturated rings. The van der Waals surface area contributed by atoms with Crippen LogP contribution in [0.3, 0.4) is 0 Å². The molecular weight excluding hydrogens is 288 g/mol. The fourth-order valence-electron chi connectivity index (χ4n) is 3.35. The van der Waals surface area contributed by atoms with E-state index in [1.54, 1.807) is 0 Å². The van der Waals surface area contributed by atoms with Crippen molar-refractivity contribution in [1.29, 1.82) is 0 Å². The summed E-state index contributed by atoms with van der Waals surface area (Å²) in [4.78, 5) is 0. The zero-order valence-corrected chi connectivity index (χ0v) is 15.6. The Bertz CT molecular complexity index is 613. The molecule has 2 rings (SSSR count). The van der Waals surface area contributed by atoms with Crippen LogP contribution in [0.2, 0.25) is 0 Å². The highest BCUT2D eigenvalue weighted by Crippen LogP contribution is 2.30. The standard InChI is InChI=1S/C24H32/c1-5-7-24(18-19(3)6-2)23-16-14-22(15-17-23)13-12-21-10-8-20(4)9-11-21/h5-7,14-18,21H,4,8-13H2,1-3H3/b7-5+,19-6-,24-18+. The van der Waals surface area contributed by atoms with Crippen molar-refractivity contribution in [2.24, 2.45) is 5.92 Å². The topological polar surface area (TPSA) is 0 Å². The first-order valence-corrected chi connectivity index (χ1v) is 9.35. The molecule has 1 saturated carbocycles. The highest BCUT2D eigenvalue weighted by Gasteiger charge is 2.15. The quantitative estimate of drug-likeness (QED) is 0.381. The Morgan fingerprint density at radius 3 is 2.38 bits per heavy atom. The zero-order chi connectivity index (χ0) is 17.4. The predicted octanol–water partition coefficient (Wildman–Crippen LogP) is 7.29. The minimum atomic E-state index is 0.894. The monoisotopic (exact) mass is 320 g/mol. The summed E-state index contributed by atoms with van der Waals surface area (Å²) in [5, 5.41) is 0. The Kier molecular flexibility index (Phi) is 7.31. The highest BCUT2D eigenvalue weighted by molar-refractivity contribution is 5.76. The molecule has 0 aromatic heterocycles. The molecule has 1 aromatic rings. The average Bonchev–Trinajstić information content (AvgIpc) is 2.61. The number of hydrogen-bond donors (Lipinski definition) is 0. The summed E-state index contributed by atoms with van der Waals surface area (Å²) in [5.74, 6) is 0.894. The molecule has 1 aromatic carbocycles. The molecule has 1 aliphatic carbocycles. The molecule has 0 spiro atoms. The predicted molar refractivity (Wildman–Crippen MR) is 108 cm³/mol. The summed E-state index contributed by atoms with van der Waals surface area (Å²) in [7, 11) is 0. The lowest BCUT2D eigenvalue weighted by Gasteiger charge is -2.23. The summed E-state index contributed by atoms with van der Waals surface area (Å²) >= 11 is 0. The Morgan fingerprint density at radius 1 is 1.12 bits per heavy atom. The van der Waals surface area contributed by atoms with E-state index in [0.717, 1.165) is 5.92 Å². The highest BCUT2D eigenvalue weighted by atomic mass is 14.2. The van der Waals surface area contributed by atoms with Gasteiger partial charge in [-0.25, -0.2) is 0 Å². The van der Waals surface area contributed by atoms with Crippen LogP contribution in [0.1, 0.15) is 64.0 Å². The van der Waals surface area contributed by atoms with E-state index in [1.165, 1.54) is 66.4 Å². The Balaban J connectivity index is 1.98. The minimum Gasteiger partial charge on any atom is -0.0999 e. The number of benzene rings is 1. The summed E-state index contributed by atoms with van der Waals surface area (Å²) in [5.41, 5.74) is 6.80. The molecule has 0 nitrogen and oxygen atoms in total. The minimum absolute atomic E-state index is 0.894. The van der Waals surface area contributed by atoms with Crippen LogP contribution in [0.25, 0.3) is 5.57 Å². The van der Waals surface area contributed by atoms with Gasteiger partial charge in [0, 0.05) is 0 Å². The second-order valence-electron chi connectivity index (χ2n) is 7.06. The molecule has 0 atom stereocenters. The first-order valence-electron chi connectivity index (χ1n) is 9.35. The van der Waals surface area contributed by atoms with Crippen LogP contribution < -0.4 is 0 Å². The smallest absolute Gasteiger partial charge is 0.0184 e. The van der Waals surface area contributed by atoms with Gasteiger partial charge in [0.2, 0.25) is 0 Å². The van der Waals surface area contributed by atoms with Crippen LogP contribution in [0.5, 0.6) is 0 Å². The van der Waals surface area contributed by atoms with E-state index >= 15 is 0 Å². The van der Waals surface area contributed by atoms with Gasteiger partial charge in [-0.15, -0.1) is 0 Å². The van der Waals surface area contributed by atoms with Crippen molar-refractivity contribution in [2.45, 2.75) is 59.3 Å². The van der Waals surface area contributed by atoms with Crippen molar-refractivity contribution < 1.29 is 0 Å². The maximum Gasteiger partial charge on any atom is -0.0184 e. The van der Waals surface area contributed by atoms with Crippen molar-refractivity contribution in [2.75, 3.05) is 0 Å². The zero-order valence-electron chi connectivity index (χ0n) is 15.6. The summed E-state index contributed by atoms with van der Waals surface area (Å²) in [6.45, 7) is 10.4. The van der Waals surface area contributed by atoms with Gasteiger partial charge in [-0.05, 0) is 81.9 Å². The van der Waals surface area contributed by atoms with Gasteiger partial charge in [-0.2, -0.15) is 0 Å². The first kappa shape index (κ1) is 18.5. The summed E-state index contributed by atoms with van der Waals surface area (Å²) in [6, 6.07) is 9.15. The number of aryl methyl sites for hydroxylation is 1. The van der Waals surface area contributed by atoms with E-state index in [-0.39, 0.29) is 0 Å². The van der Waals surface area contributed by atoms with Crippen LogP contribution in [-0.2, 0) is 6.42 Å². The third-order valence-electron chi connectivity index (χ3n) is 5.13. The van der Waals surface area contributed by atoms with Crippen LogP contribution in [0.4, 0.5) is 0 Å². The third-order valence-corrected chi connectivity index (χ3v) is 5.13. The van der Waals surface area contributed by atoms with Gasteiger partial charge < -0.3 is 0 Å². The van der Waals surface area contributed by atoms with E-state index in [9.17, 15) is 0 Å². The summed E-state index contributed by atoms with van der Waals surface area (Å²) in [6.07, 6.45) is 16.4. The van der Waals surface area contributed by atoms with Crippen molar-refractivity contribution in [3.63, 3.8) is 0 Å². The van der Waals surface area contributed by atoms with Gasteiger partial charge in [-0.1, -0.05) is 66.3 Å². The molecule has 0 heterocycles. The van der Waals surface area contributed by atoms with Crippen molar-refractivity contribution >= 4 is 5.57 Å². The molecule has 0 radical (unpaired) electrons. The number of allylic oxidation sites excluding steroid dienone is 7. The average molecular weight is 321 g/mol. The van der Waals surface area contributed by atoms with Crippen LogP contribution >= 0.6 is 0 Å². The molecular formula is C24H32. The fourth-order valence-corrected chi connectivity index (χ4v) is 3.35. The third kappa shape index (κ3) is 5.67. The van der Waals surface area contributed by atoms with Gasteiger partial charge in [0.15, 0.2) is 0 Å². The molecule has 24 heavy (non-hydrogen) atoms. The lowest BCUT2D eigenvalue weighted by Crippen LogP contribution is -2.08. The molecule has 0 N–H and O–H groups in total. The van der Waals surface area contributed by atoms with Crippen molar-refractivity contribution in [3.05, 3.63) is 77.4 Å². The van der Waals surface area contributed by atoms with E-state index in [4.69, 9.17) is 0 Å². The second-order valence-corrected chi connectivity index (χ2v) is 7.06. The van der Waals surface area contributed by atoms with Crippen molar-refractivity contribution in [3.8, 4) is 0 Å². The number of rotatable bonds is 6. The molecule has 0 unspecified atom stereocenters. The van der Waals surface area contributed by atoms with Gasteiger partial charge >= 0.3 is 0 Å². The lowest BCUT2D eigenvalue weighted by atomic mass is 9.83. The van der Waals surface area contributed by atoms with Gasteiger partial charge in [0.05, 0.1) is 0 Å². The molecule has 0 saturated heterocycles. The Morgan fingerprint density at radius 2 is 1.79 bits per heavy atom. The van der Waals surface area contributed by atoms with E-state index in [2.05, 4.69) is 75.9 Å². The maximum absolute atomic E-state index is 4.12. The molecule has 1 aliphatic rings. The summed E-state index contributed by atoms with van der Waals surface area (Å²) < 4.78 is 0. The molecule has 128 valence electrons. The van der Waals surface area contributed by atoms with Crippen LogP contribution in [-0.4, -0.2) is 0 Å². The maximum atomic E-state index is 4.12. The van der Waals surface area contributed by atoms with Gasteiger partial charge in [0.25, 0.3) is 0 Å². The SMILES string of the molecule is C=C1CCC(CCc2ccc(C(/C=C/C)=C/C(C)=C\C)cc2)CC1. The van der Waals surface area contributed by atoms with Crippen LogP contribution in [0, 0.1) is 5.92 Å². The first-order chi connectivity index (χ1) is 11.6. The molecule has 0 amide bonds. The second kappa shape index (κ2) is 9.47. The van der Waals surface area contributed by atoms with Crippen molar-refractivity contribution in [1.82, 2.24) is 0 Å². The fraction of sp³-hybridized carbons (Fsp3) is 0.417. The van der Waals surface area contributed by atoms with Crippen LogP contribution in [0.15, 0.2) is 66.3 Å². The lowest BCUT2D eigenvalue weighted by molar-refractivity contribution is 0.384. The Labute approximate surface area is 148 Å². The Hall–Kier alpha value is -1.82. The van der Waals surface area contributed by atoms with Gasteiger partial charge in [0.1, 0.15) is 0 Å². The molecule has 0 heteroatoms. The molecule has 0 bridgehead atoms. The molecule has 0 aliphatic heterocycles. The van der Waals surface area contributed by atoms with Gasteiger partial charge in [-0.3, -0.25) is 0 Å². The van der Waals surface area contributed by atoms with E-state index in [1.807, 2.05) is 0 Å². The normalized spacial score (nSPS) is 17.7.